The maximum absolute atomic E-state index is 12.7. The maximum atomic E-state index is 12.7. The van der Waals surface area contributed by atoms with Crippen LogP contribution in [0.15, 0.2) is 27.8 Å². The van der Waals surface area contributed by atoms with Crippen molar-refractivity contribution in [3.05, 3.63) is 24.2 Å². The minimum Gasteiger partial charge on any atom is -0.467 e. The largest absolute Gasteiger partial charge is 0.467 e. The van der Waals surface area contributed by atoms with Gasteiger partial charge in [-0.15, -0.1) is 0 Å². The van der Waals surface area contributed by atoms with Gasteiger partial charge in [0.2, 0.25) is 5.91 Å². The van der Waals surface area contributed by atoms with Crippen molar-refractivity contribution in [3.8, 4) is 0 Å². The van der Waals surface area contributed by atoms with Crippen LogP contribution in [-0.2, 0) is 4.79 Å². The maximum Gasteiger partial charge on any atom is 0.225 e. The molecule has 1 aromatic heterocycles. The van der Waals surface area contributed by atoms with Crippen molar-refractivity contribution in [2.24, 2.45) is 10.9 Å². The number of carbonyl (C=O) groups excluding carboxylic acids is 1. The highest BCUT2D eigenvalue weighted by Crippen LogP contribution is 2.26. The van der Waals surface area contributed by atoms with Crippen LogP contribution >= 0.6 is 0 Å². The van der Waals surface area contributed by atoms with E-state index in [1.807, 2.05) is 11.8 Å². The van der Waals surface area contributed by atoms with Gasteiger partial charge in [-0.1, -0.05) is 19.3 Å². The number of amides is 1. The number of nitrogens with one attached hydrogen (secondary N) is 2. The molecule has 0 aromatic carbocycles. The minimum absolute atomic E-state index is 0.191. The first kappa shape index (κ1) is 19.7. The topological polar surface area (TPSA) is 90.1 Å². The zero-order valence-electron chi connectivity index (χ0n) is 16.2. The van der Waals surface area contributed by atoms with Crippen molar-refractivity contribution in [3.63, 3.8) is 0 Å². The second kappa shape index (κ2) is 9.78. The van der Waals surface area contributed by atoms with Crippen LogP contribution in [0, 0.1) is 5.92 Å². The summed E-state index contributed by atoms with van der Waals surface area (Å²) < 4.78 is 5.21. The molecular weight excluding hydrogens is 344 g/mol. The predicted octanol–water partition coefficient (Wildman–Crippen LogP) is 2.05. The summed E-state index contributed by atoms with van der Waals surface area (Å²) in [5, 5.41) is 16.8. The average Bonchev–Trinajstić information content (AvgIpc) is 3.38. The number of carbonyl (C=O) groups is 1. The van der Waals surface area contributed by atoms with Crippen LogP contribution in [0.4, 0.5) is 0 Å². The second-order valence-electron chi connectivity index (χ2n) is 7.50. The SMILES string of the molecule is CCNC(=NCC(O)c1ccco1)NC1CCN(C(=O)C2CCCCC2)C1. The predicted molar refractivity (Wildman–Crippen MR) is 104 cm³/mol. The lowest BCUT2D eigenvalue weighted by Crippen LogP contribution is -2.45. The molecule has 2 unspecified atom stereocenters. The standard InChI is InChI=1S/C20H32N4O3/c1-2-21-20(22-13-17(25)18-9-6-12-27-18)23-16-10-11-24(14-16)19(26)15-7-4-3-5-8-15/h6,9,12,15-17,25H,2-5,7-8,10-11,13-14H2,1H3,(H2,21,22,23). The van der Waals surface area contributed by atoms with Gasteiger partial charge in [0.25, 0.3) is 0 Å². The third-order valence-corrected chi connectivity index (χ3v) is 5.43. The van der Waals surface area contributed by atoms with Crippen LogP contribution < -0.4 is 10.6 Å². The second-order valence-corrected chi connectivity index (χ2v) is 7.50. The molecule has 150 valence electrons. The monoisotopic (exact) mass is 376 g/mol. The van der Waals surface area contributed by atoms with E-state index in [2.05, 4.69) is 15.6 Å². The van der Waals surface area contributed by atoms with Gasteiger partial charge < -0.3 is 25.1 Å². The van der Waals surface area contributed by atoms with E-state index in [0.29, 0.717) is 17.6 Å². The molecule has 1 saturated heterocycles. The van der Waals surface area contributed by atoms with E-state index in [0.717, 1.165) is 38.9 Å². The van der Waals surface area contributed by atoms with Crippen molar-refractivity contribution in [2.75, 3.05) is 26.2 Å². The molecule has 1 aliphatic carbocycles. The first-order valence-electron chi connectivity index (χ1n) is 10.2. The van der Waals surface area contributed by atoms with Crippen LogP contribution in [0.1, 0.15) is 57.3 Å². The molecule has 1 saturated carbocycles. The van der Waals surface area contributed by atoms with Gasteiger partial charge >= 0.3 is 0 Å². The summed E-state index contributed by atoms with van der Waals surface area (Å²) in [4.78, 5) is 19.2. The summed E-state index contributed by atoms with van der Waals surface area (Å²) in [6.07, 6.45) is 7.42. The molecule has 1 amide bonds. The zero-order chi connectivity index (χ0) is 19.1. The third kappa shape index (κ3) is 5.48. The van der Waals surface area contributed by atoms with Crippen LogP contribution in [0.5, 0.6) is 0 Å². The molecule has 7 heteroatoms. The summed E-state index contributed by atoms with van der Waals surface area (Å²) in [6, 6.07) is 3.69. The van der Waals surface area contributed by atoms with Crippen LogP contribution in [0.25, 0.3) is 0 Å². The van der Waals surface area contributed by atoms with E-state index in [1.165, 1.54) is 19.3 Å². The molecule has 1 aromatic rings. The Morgan fingerprint density at radius 1 is 1.37 bits per heavy atom. The zero-order valence-corrected chi connectivity index (χ0v) is 16.2. The van der Waals surface area contributed by atoms with Crippen molar-refractivity contribution >= 4 is 11.9 Å². The lowest BCUT2D eigenvalue weighted by molar-refractivity contribution is -0.135. The first-order valence-corrected chi connectivity index (χ1v) is 10.2. The molecule has 3 rings (SSSR count). The summed E-state index contributed by atoms with van der Waals surface area (Å²) >= 11 is 0. The molecule has 3 N–H and O–H groups in total. The number of likely N-dealkylation sites (tertiary alicyclic amines) is 1. The number of nitrogens with zero attached hydrogens (tertiary/aromatic N) is 2. The van der Waals surface area contributed by atoms with Crippen molar-refractivity contribution in [1.82, 2.24) is 15.5 Å². The highest BCUT2D eigenvalue weighted by Gasteiger charge is 2.31. The summed E-state index contributed by atoms with van der Waals surface area (Å²) in [6.45, 7) is 4.50. The van der Waals surface area contributed by atoms with Gasteiger partial charge in [0.05, 0.1) is 12.8 Å². The summed E-state index contributed by atoms with van der Waals surface area (Å²) in [5.41, 5.74) is 0. The van der Waals surface area contributed by atoms with Gasteiger partial charge in [-0.3, -0.25) is 9.79 Å². The lowest BCUT2D eigenvalue weighted by Gasteiger charge is -2.26. The van der Waals surface area contributed by atoms with E-state index >= 15 is 0 Å². The fraction of sp³-hybridized carbons (Fsp3) is 0.700. The quantitative estimate of drug-likeness (QED) is 0.522. The van der Waals surface area contributed by atoms with Gasteiger partial charge in [0, 0.05) is 31.6 Å². The van der Waals surface area contributed by atoms with E-state index in [1.54, 1.807) is 18.4 Å². The van der Waals surface area contributed by atoms with Gasteiger partial charge in [-0.25, -0.2) is 0 Å². The molecule has 0 bridgehead atoms. The molecule has 2 heterocycles. The molecule has 1 aliphatic heterocycles. The highest BCUT2D eigenvalue weighted by atomic mass is 16.4. The highest BCUT2D eigenvalue weighted by molar-refractivity contribution is 5.81. The molecule has 2 fully saturated rings. The Bertz CT molecular complexity index is 611. The van der Waals surface area contributed by atoms with E-state index in [4.69, 9.17) is 4.42 Å². The average molecular weight is 377 g/mol. The number of aliphatic hydroxyl groups excluding tert-OH is 1. The Balaban J connectivity index is 1.50. The van der Waals surface area contributed by atoms with E-state index < -0.39 is 6.10 Å². The van der Waals surface area contributed by atoms with Crippen molar-refractivity contribution in [2.45, 2.75) is 57.6 Å². The Kier molecular flexibility index (Phi) is 7.15. The van der Waals surface area contributed by atoms with Crippen LogP contribution in [0.2, 0.25) is 0 Å². The number of aliphatic hydroxyl groups is 1. The lowest BCUT2D eigenvalue weighted by atomic mass is 9.88. The Hall–Kier alpha value is -2.02. The van der Waals surface area contributed by atoms with Crippen LogP contribution in [0.3, 0.4) is 0 Å². The number of rotatable bonds is 6. The summed E-state index contributed by atoms with van der Waals surface area (Å²) in [7, 11) is 0. The van der Waals surface area contributed by atoms with Gasteiger partial charge in [-0.05, 0) is 38.3 Å². The molecule has 27 heavy (non-hydrogen) atoms. The smallest absolute Gasteiger partial charge is 0.225 e. The Morgan fingerprint density at radius 3 is 2.89 bits per heavy atom. The molecule has 0 spiro atoms. The van der Waals surface area contributed by atoms with Crippen LogP contribution in [-0.4, -0.2) is 54.1 Å². The molecule has 2 atom stereocenters. The van der Waals surface area contributed by atoms with Crippen molar-refractivity contribution in [1.29, 1.82) is 0 Å². The van der Waals surface area contributed by atoms with E-state index in [9.17, 15) is 9.90 Å². The number of hydrogen-bond acceptors (Lipinski definition) is 4. The minimum atomic E-state index is -0.761. The normalized spacial score (nSPS) is 22.7. The first-order chi connectivity index (χ1) is 13.2. The number of guanidine groups is 1. The fourth-order valence-electron chi connectivity index (χ4n) is 3.95. The Morgan fingerprint density at radius 2 is 2.19 bits per heavy atom. The Labute approximate surface area is 161 Å². The molecule has 0 radical (unpaired) electrons. The van der Waals surface area contributed by atoms with Gasteiger partial charge in [0.1, 0.15) is 11.9 Å². The molecule has 7 nitrogen and oxygen atoms in total. The van der Waals surface area contributed by atoms with Gasteiger partial charge in [0.15, 0.2) is 5.96 Å². The molecular formula is C20H32N4O3. The van der Waals surface area contributed by atoms with Crippen molar-refractivity contribution < 1.29 is 14.3 Å². The summed E-state index contributed by atoms with van der Waals surface area (Å²) in [5.74, 6) is 1.73. The fourth-order valence-corrected chi connectivity index (χ4v) is 3.95. The molecule has 2 aliphatic rings. The third-order valence-electron chi connectivity index (χ3n) is 5.43. The number of hydrogen-bond donors (Lipinski definition) is 3. The number of aliphatic imine (C=N–C) groups is 1. The van der Waals surface area contributed by atoms with Gasteiger partial charge in [-0.2, -0.15) is 0 Å². The number of furan rings is 1. The van der Waals surface area contributed by atoms with E-state index in [-0.39, 0.29) is 18.5 Å².